The Hall–Kier alpha value is -2.83. The molecule has 0 N–H and O–H groups in total. The molecule has 4 rings (SSSR count). The van der Waals surface area contributed by atoms with E-state index in [-0.39, 0.29) is 30.0 Å². The van der Waals surface area contributed by atoms with Crippen LogP contribution < -0.4 is 0 Å². The van der Waals surface area contributed by atoms with Crippen LogP contribution in [0.1, 0.15) is 29.4 Å². The van der Waals surface area contributed by atoms with Gasteiger partial charge in [0.1, 0.15) is 5.54 Å². The number of carbonyl (C=O) groups is 2. The van der Waals surface area contributed by atoms with Crippen LogP contribution in [0, 0.1) is 5.92 Å². The highest BCUT2D eigenvalue weighted by Crippen LogP contribution is 2.66. The molecular formula is C20H21N3O4. The van der Waals surface area contributed by atoms with Crippen LogP contribution in [-0.2, 0) is 19.1 Å². The molecule has 1 fully saturated rings. The fourth-order valence-corrected chi connectivity index (χ4v) is 5.09. The third-order valence-electron chi connectivity index (χ3n) is 6.00. The van der Waals surface area contributed by atoms with Crippen molar-refractivity contribution in [1.29, 1.82) is 0 Å². The van der Waals surface area contributed by atoms with Gasteiger partial charge in [0.15, 0.2) is 11.8 Å². The van der Waals surface area contributed by atoms with Gasteiger partial charge < -0.3 is 9.47 Å². The van der Waals surface area contributed by atoms with Crippen LogP contribution in [0.5, 0.6) is 0 Å². The first-order chi connectivity index (χ1) is 13.1. The van der Waals surface area contributed by atoms with Crippen molar-refractivity contribution in [1.82, 2.24) is 0 Å². The maximum atomic E-state index is 12.7. The van der Waals surface area contributed by atoms with Crippen molar-refractivity contribution in [2.45, 2.75) is 29.8 Å². The number of rotatable bonds is 5. The van der Waals surface area contributed by atoms with Gasteiger partial charge >= 0.3 is 11.9 Å². The monoisotopic (exact) mass is 367 g/mol. The quantitative estimate of drug-likeness (QED) is 0.454. The van der Waals surface area contributed by atoms with Crippen LogP contribution in [0.4, 0.5) is 0 Å². The van der Waals surface area contributed by atoms with E-state index >= 15 is 0 Å². The number of methoxy groups -OCH3 is 2. The summed E-state index contributed by atoms with van der Waals surface area (Å²) in [4.78, 5) is 29.5. The molecule has 0 saturated heterocycles. The summed E-state index contributed by atoms with van der Waals surface area (Å²) in [5.41, 5.74) is 1.54. The zero-order valence-corrected chi connectivity index (χ0v) is 15.3. The average Bonchev–Trinajstić information content (AvgIpc) is 3.36. The minimum absolute atomic E-state index is 0.0592. The molecule has 1 aromatic carbocycles. The number of hydrogen-bond acceptors (Lipinski definition) is 7. The van der Waals surface area contributed by atoms with Crippen LogP contribution >= 0.6 is 0 Å². The molecule has 7 nitrogen and oxygen atoms in total. The second-order valence-corrected chi connectivity index (χ2v) is 7.03. The molecule has 7 heteroatoms. The number of fused-ring (bicyclic) bond motifs is 8. The van der Waals surface area contributed by atoms with Crippen LogP contribution in [0.3, 0.4) is 0 Å². The summed E-state index contributed by atoms with van der Waals surface area (Å²) >= 11 is 0. The number of azo groups is 1. The van der Waals surface area contributed by atoms with E-state index in [1.165, 1.54) is 19.8 Å². The van der Waals surface area contributed by atoms with Gasteiger partial charge in [-0.05, 0) is 23.5 Å². The van der Waals surface area contributed by atoms with Gasteiger partial charge in [-0.15, -0.1) is 6.58 Å². The zero-order valence-electron chi connectivity index (χ0n) is 15.3. The lowest BCUT2D eigenvalue weighted by molar-refractivity contribution is -0.143. The second kappa shape index (κ2) is 6.40. The lowest BCUT2D eigenvalue weighted by Gasteiger charge is -2.37. The van der Waals surface area contributed by atoms with Crippen molar-refractivity contribution >= 4 is 17.7 Å². The highest BCUT2D eigenvalue weighted by molar-refractivity contribution is 6.41. The Morgan fingerprint density at radius 2 is 2.04 bits per heavy atom. The molecule has 3 aliphatic rings. The summed E-state index contributed by atoms with van der Waals surface area (Å²) in [5.74, 6) is -1.32. The average molecular weight is 367 g/mol. The summed E-state index contributed by atoms with van der Waals surface area (Å²) in [7, 11) is 2.66. The summed E-state index contributed by atoms with van der Waals surface area (Å²) < 4.78 is 9.99. The van der Waals surface area contributed by atoms with Gasteiger partial charge in [-0.1, -0.05) is 30.3 Å². The van der Waals surface area contributed by atoms with Crippen molar-refractivity contribution in [3.05, 3.63) is 48.0 Å². The molecule has 140 valence electrons. The van der Waals surface area contributed by atoms with Crippen LogP contribution in [-0.4, -0.2) is 50.0 Å². The van der Waals surface area contributed by atoms with Gasteiger partial charge in [0.2, 0.25) is 0 Å². The second-order valence-electron chi connectivity index (χ2n) is 7.03. The molecule has 0 radical (unpaired) electrons. The maximum absolute atomic E-state index is 12.7. The first kappa shape index (κ1) is 17.6. The van der Waals surface area contributed by atoms with Crippen LogP contribution in [0.15, 0.2) is 52.1 Å². The smallest absolute Gasteiger partial charge is 0.354 e. The molecule has 1 aromatic rings. The fourth-order valence-electron chi connectivity index (χ4n) is 5.09. The summed E-state index contributed by atoms with van der Waals surface area (Å²) in [6, 6.07) is 7.35. The SMILES string of the molecule is C=CCN=C(C(=O)OC)[C@@]12N=N[C@H](C(=O)OC)[C@@H]1[C@@H]1C[C@H]2c2ccccc21. The predicted molar refractivity (Wildman–Crippen MR) is 97.9 cm³/mol. The minimum atomic E-state index is -1.01. The van der Waals surface area contributed by atoms with E-state index < -0.39 is 23.5 Å². The number of ether oxygens (including phenoxy) is 2. The third kappa shape index (κ3) is 2.23. The Morgan fingerprint density at radius 1 is 1.30 bits per heavy atom. The molecular weight excluding hydrogens is 346 g/mol. The molecule has 0 unspecified atom stereocenters. The third-order valence-corrected chi connectivity index (χ3v) is 6.00. The van der Waals surface area contributed by atoms with E-state index in [1.807, 2.05) is 12.1 Å². The molecule has 2 aliphatic carbocycles. The lowest BCUT2D eigenvalue weighted by atomic mass is 9.66. The number of aliphatic imine (C=N–C) groups is 1. The van der Waals surface area contributed by atoms with Gasteiger partial charge in [-0.25, -0.2) is 9.59 Å². The number of carbonyl (C=O) groups excluding carboxylic acids is 2. The van der Waals surface area contributed by atoms with Gasteiger partial charge in [0, 0.05) is 11.8 Å². The number of benzene rings is 1. The number of hydrogen-bond donors (Lipinski definition) is 0. The predicted octanol–water partition coefficient (Wildman–Crippen LogP) is 2.43. The van der Waals surface area contributed by atoms with Gasteiger partial charge in [0.25, 0.3) is 0 Å². The maximum Gasteiger partial charge on any atom is 0.354 e. The summed E-state index contributed by atoms with van der Waals surface area (Å²) in [5, 5.41) is 8.81. The Bertz CT molecular complexity index is 878. The fraction of sp³-hybridized carbons (Fsp3) is 0.450. The van der Waals surface area contributed by atoms with Crippen molar-refractivity contribution < 1.29 is 19.1 Å². The lowest BCUT2D eigenvalue weighted by Crippen LogP contribution is -2.52. The standard InChI is InChI=1S/C20H21N3O4/c1-4-9-21-17(19(25)27-3)20-14-10-13(11-7-5-6-8-12(11)14)15(20)16(22-23-20)18(24)26-2/h4-8,13-16H,1,9-10H2,2-3H3/t13-,14+,15+,16+,20+/m1/s1. The van der Waals surface area contributed by atoms with Crippen molar-refractivity contribution in [2.75, 3.05) is 20.8 Å². The van der Waals surface area contributed by atoms with E-state index in [1.54, 1.807) is 6.08 Å². The summed E-state index contributed by atoms with van der Waals surface area (Å²) in [6.45, 7) is 3.94. The topological polar surface area (TPSA) is 89.7 Å². The van der Waals surface area contributed by atoms with Crippen LogP contribution in [0.2, 0.25) is 0 Å². The van der Waals surface area contributed by atoms with E-state index in [4.69, 9.17) is 9.47 Å². The minimum Gasteiger partial charge on any atom is -0.467 e. The van der Waals surface area contributed by atoms with Crippen LogP contribution in [0.25, 0.3) is 0 Å². The molecule has 1 heterocycles. The summed E-state index contributed by atoms with van der Waals surface area (Å²) in [6.07, 6.45) is 2.40. The molecule has 0 spiro atoms. The Kier molecular flexibility index (Phi) is 4.17. The van der Waals surface area contributed by atoms with Crippen molar-refractivity contribution in [3.63, 3.8) is 0 Å². The first-order valence-corrected chi connectivity index (χ1v) is 8.93. The molecule has 0 aromatic heterocycles. The Labute approximate surface area is 157 Å². The van der Waals surface area contributed by atoms with Gasteiger partial charge in [-0.3, -0.25) is 4.99 Å². The molecule has 1 aliphatic heterocycles. The Balaban J connectivity index is 1.91. The van der Waals surface area contributed by atoms with Crippen molar-refractivity contribution in [3.8, 4) is 0 Å². The highest BCUT2D eigenvalue weighted by Gasteiger charge is 2.70. The van der Waals surface area contributed by atoms with E-state index in [2.05, 4.69) is 33.9 Å². The van der Waals surface area contributed by atoms with Gasteiger partial charge in [-0.2, -0.15) is 10.2 Å². The molecule has 1 saturated carbocycles. The van der Waals surface area contributed by atoms with Gasteiger partial charge in [0.05, 0.1) is 20.8 Å². The molecule has 27 heavy (non-hydrogen) atoms. The molecule has 0 amide bonds. The molecule has 2 bridgehead atoms. The Morgan fingerprint density at radius 3 is 2.70 bits per heavy atom. The highest BCUT2D eigenvalue weighted by atomic mass is 16.5. The number of nitrogens with zero attached hydrogens (tertiary/aromatic N) is 3. The molecule has 5 atom stereocenters. The normalized spacial score (nSPS) is 32.7. The first-order valence-electron chi connectivity index (χ1n) is 8.93. The van der Waals surface area contributed by atoms with E-state index in [0.717, 1.165) is 12.0 Å². The van der Waals surface area contributed by atoms with E-state index in [0.29, 0.717) is 0 Å². The largest absolute Gasteiger partial charge is 0.467 e. The van der Waals surface area contributed by atoms with Crippen molar-refractivity contribution in [2.24, 2.45) is 21.1 Å². The number of esters is 2. The zero-order chi connectivity index (χ0) is 19.2. The van der Waals surface area contributed by atoms with E-state index in [9.17, 15) is 9.59 Å².